The summed E-state index contributed by atoms with van der Waals surface area (Å²) in [5.41, 5.74) is 6.52. The first-order valence-corrected chi connectivity index (χ1v) is 6.67. The Kier molecular flexibility index (Phi) is 2.71. The van der Waals surface area contributed by atoms with E-state index in [0.29, 0.717) is 5.75 Å². The SMILES string of the molecule is Cn1nc(CS)cc1-c1ccc2c(c1)CCC2. The molecular weight excluding hydrogens is 228 g/mol. The minimum absolute atomic E-state index is 0.693. The zero-order valence-corrected chi connectivity index (χ0v) is 10.9. The fraction of sp³-hybridized carbons (Fsp3) is 0.357. The van der Waals surface area contributed by atoms with Crippen LogP contribution in [0.3, 0.4) is 0 Å². The average Bonchev–Trinajstić information content (AvgIpc) is 2.93. The second-order valence-electron chi connectivity index (χ2n) is 4.64. The lowest BCUT2D eigenvalue weighted by atomic mass is 10.0. The molecule has 0 N–H and O–H groups in total. The third-order valence-corrected chi connectivity index (χ3v) is 3.81. The van der Waals surface area contributed by atoms with E-state index in [2.05, 4.69) is 42.0 Å². The summed E-state index contributed by atoms with van der Waals surface area (Å²) in [7, 11) is 2.00. The van der Waals surface area contributed by atoms with Crippen LogP contribution in [0.4, 0.5) is 0 Å². The maximum atomic E-state index is 4.44. The third kappa shape index (κ3) is 1.89. The summed E-state index contributed by atoms with van der Waals surface area (Å²) in [4.78, 5) is 0. The van der Waals surface area contributed by atoms with E-state index in [1.807, 2.05) is 11.7 Å². The van der Waals surface area contributed by atoms with Gasteiger partial charge in [-0.3, -0.25) is 4.68 Å². The third-order valence-electron chi connectivity index (χ3n) is 3.49. The molecule has 2 aromatic rings. The molecule has 0 saturated heterocycles. The number of aryl methyl sites for hydroxylation is 3. The Morgan fingerprint density at radius 2 is 2.06 bits per heavy atom. The predicted molar refractivity (Wildman–Crippen MR) is 73.4 cm³/mol. The maximum Gasteiger partial charge on any atom is 0.0727 e. The van der Waals surface area contributed by atoms with Crippen molar-refractivity contribution in [3.8, 4) is 11.3 Å². The van der Waals surface area contributed by atoms with Gasteiger partial charge in [-0.25, -0.2) is 0 Å². The lowest BCUT2D eigenvalue weighted by Gasteiger charge is -2.05. The lowest BCUT2D eigenvalue weighted by Crippen LogP contribution is -1.95. The highest BCUT2D eigenvalue weighted by Crippen LogP contribution is 2.28. The van der Waals surface area contributed by atoms with Gasteiger partial charge in [0, 0.05) is 18.4 Å². The first kappa shape index (κ1) is 10.9. The number of rotatable bonds is 2. The summed E-state index contributed by atoms with van der Waals surface area (Å²) in [6.45, 7) is 0. The van der Waals surface area contributed by atoms with Crippen molar-refractivity contribution < 1.29 is 0 Å². The highest BCUT2D eigenvalue weighted by atomic mass is 32.1. The van der Waals surface area contributed by atoms with E-state index in [4.69, 9.17) is 0 Å². The van der Waals surface area contributed by atoms with E-state index in [0.717, 1.165) is 5.69 Å². The van der Waals surface area contributed by atoms with E-state index in [1.165, 1.54) is 41.6 Å². The van der Waals surface area contributed by atoms with E-state index in [1.54, 1.807) is 0 Å². The van der Waals surface area contributed by atoms with Crippen LogP contribution in [-0.2, 0) is 25.6 Å². The Bertz CT molecular complexity index is 557. The van der Waals surface area contributed by atoms with E-state index >= 15 is 0 Å². The monoisotopic (exact) mass is 244 g/mol. The molecule has 0 amide bonds. The molecule has 1 aromatic heterocycles. The largest absolute Gasteiger partial charge is 0.268 e. The van der Waals surface area contributed by atoms with Crippen LogP contribution in [0.25, 0.3) is 11.3 Å². The highest BCUT2D eigenvalue weighted by molar-refractivity contribution is 7.79. The predicted octanol–water partition coefficient (Wildman–Crippen LogP) is 3.01. The summed E-state index contributed by atoms with van der Waals surface area (Å²) in [6, 6.07) is 8.93. The van der Waals surface area contributed by atoms with Crippen LogP contribution in [0.5, 0.6) is 0 Å². The number of nitrogens with zero attached hydrogens (tertiary/aromatic N) is 2. The van der Waals surface area contributed by atoms with E-state index in [-0.39, 0.29) is 0 Å². The number of hydrogen-bond acceptors (Lipinski definition) is 2. The molecule has 88 valence electrons. The molecule has 17 heavy (non-hydrogen) atoms. The molecule has 1 aliphatic carbocycles. The quantitative estimate of drug-likeness (QED) is 0.804. The van der Waals surface area contributed by atoms with Gasteiger partial charge in [-0.2, -0.15) is 17.7 Å². The summed E-state index contributed by atoms with van der Waals surface area (Å²) in [5, 5.41) is 4.44. The average molecular weight is 244 g/mol. The Hall–Kier alpha value is -1.22. The Morgan fingerprint density at radius 3 is 2.82 bits per heavy atom. The first-order valence-electron chi connectivity index (χ1n) is 6.04. The number of hydrogen-bond donors (Lipinski definition) is 1. The van der Waals surface area contributed by atoms with Crippen LogP contribution < -0.4 is 0 Å². The van der Waals surface area contributed by atoms with Crippen molar-refractivity contribution in [2.45, 2.75) is 25.0 Å². The molecule has 0 saturated carbocycles. The lowest BCUT2D eigenvalue weighted by molar-refractivity contribution is 0.762. The summed E-state index contributed by atoms with van der Waals surface area (Å²) in [6.07, 6.45) is 3.76. The van der Waals surface area contributed by atoms with Crippen LogP contribution in [0, 0.1) is 0 Å². The van der Waals surface area contributed by atoms with E-state index in [9.17, 15) is 0 Å². The van der Waals surface area contributed by atoms with Gasteiger partial charge in [-0.05, 0) is 42.5 Å². The van der Waals surface area contributed by atoms with Gasteiger partial charge in [-0.1, -0.05) is 12.1 Å². The zero-order valence-electron chi connectivity index (χ0n) is 9.98. The summed E-state index contributed by atoms with van der Waals surface area (Å²) < 4.78 is 1.95. The maximum absolute atomic E-state index is 4.44. The van der Waals surface area contributed by atoms with Gasteiger partial charge >= 0.3 is 0 Å². The van der Waals surface area contributed by atoms with Crippen LogP contribution in [0.1, 0.15) is 23.2 Å². The first-order chi connectivity index (χ1) is 8.28. The fourth-order valence-corrected chi connectivity index (χ4v) is 2.76. The number of thiol groups is 1. The Balaban J connectivity index is 2.06. The molecule has 0 radical (unpaired) electrons. The number of fused-ring (bicyclic) bond motifs is 1. The molecule has 0 fully saturated rings. The number of aromatic nitrogens is 2. The molecule has 0 unspecified atom stereocenters. The van der Waals surface area contributed by atoms with Crippen LogP contribution in [-0.4, -0.2) is 9.78 Å². The Morgan fingerprint density at radius 1 is 1.24 bits per heavy atom. The van der Waals surface area contributed by atoms with Crippen molar-refractivity contribution >= 4 is 12.6 Å². The van der Waals surface area contributed by atoms with Crippen molar-refractivity contribution in [1.82, 2.24) is 9.78 Å². The minimum Gasteiger partial charge on any atom is -0.268 e. The minimum atomic E-state index is 0.693. The van der Waals surface area contributed by atoms with Gasteiger partial charge in [0.1, 0.15) is 0 Å². The highest BCUT2D eigenvalue weighted by Gasteiger charge is 2.13. The molecule has 1 aromatic carbocycles. The van der Waals surface area contributed by atoms with Crippen LogP contribution >= 0.6 is 12.6 Å². The molecule has 1 aliphatic rings. The second kappa shape index (κ2) is 4.22. The van der Waals surface area contributed by atoms with Crippen molar-refractivity contribution in [3.05, 3.63) is 41.1 Å². The molecule has 0 bridgehead atoms. The molecule has 2 nitrogen and oxygen atoms in total. The number of benzene rings is 1. The molecular formula is C14H16N2S. The molecule has 3 heteroatoms. The van der Waals surface area contributed by atoms with Gasteiger partial charge in [0.15, 0.2) is 0 Å². The second-order valence-corrected chi connectivity index (χ2v) is 4.96. The molecule has 1 heterocycles. The zero-order chi connectivity index (χ0) is 11.8. The van der Waals surface area contributed by atoms with Gasteiger partial charge in [0.05, 0.1) is 11.4 Å². The van der Waals surface area contributed by atoms with Crippen molar-refractivity contribution in [2.75, 3.05) is 0 Å². The van der Waals surface area contributed by atoms with Gasteiger partial charge in [-0.15, -0.1) is 0 Å². The van der Waals surface area contributed by atoms with Gasteiger partial charge < -0.3 is 0 Å². The molecule has 0 spiro atoms. The van der Waals surface area contributed by atoms with Crippen LogP contribution in [0.2, 0.25) is 0 Å². The van der Waals surface area contributed by atoms with Crippen molar-refractivity contribution in [3.63, 3.8) is 0 Å². The standard InChI is InChI=1S/C14H16N2S/c1-16-14(8-13(9-17)15-16)12-6-5-10-3-2-4-11(10)7-12/h5-8,17H,2-4,9H2,1H3. The van der Waals surface area contributed by atoms with Gasteiger partial charge in [0.2, 0.25) is 0 Å². The van der Waals surface area contributed by atoms with E-state index < -0.39 is 0 Å². The van der Waals surface area contributed by atoms with Crippen LogP contribution in [0.15, 0.2) is 24.3 Å². The summed E-state index contributed by atoms with van der Waals surface area (Å²) in [5.74, 6) is 0.693. The molecule has 3 rings (SSSR count). The fourth-order valence-electron chi connectivity index (χ4n) is 2.61. The van der Waals surface area contributed by atoms with Crippen molar-refractivity contribution in [1.29, 1.82) is 0 Å². The Labute approximate surface area is 107 Å². The van der Waals surface area contributed by atoms with Crippen molar-refractivity contribution in [2.24, 2.45) is 7.05 Å². The molecule has 0 atom stereocenters. The molecule has 0 aliphatic heterocycles. The smallest absolute Gasteiger partial charge is 0.0727 e. The normalized spacial score (nSPS) is 14.0. The van der Waals surface area contributed by atoms with Gasteiger partial charge in [0.25, 0.3) is 0 Å². The topological polar surface area (TPSA) is 17.8 Å². The summed E-state index contributed by atoms with van der Waals surface area (Å²) >= 11 is 4.27.